The predicted octanol–water partition coefficient (Wildman–Crippen LogP) is 3.96. The molecule has 2 aromatic carbocycles. The highest BCUT2D eigenvalue weighted by molar-refractivity contribution is 7.13. The maximum absolute atomic E-state index is 12.2. The summed E-state index contributed by atoms with van der Waals surface area (Å²) >= 11 is 1.36. The number of anilines is 2. The topological polar surface area (TPSA) is 71.1 Å². The molecular formula is C18H15N3O2S. The molecule has 1 heterocycles. The molecule has 5 nitrogen and oxygen atoms in total. The molecule has 0 radical (unpaired) electrons. The van der Waals surface area contributed by atoms with E-state index in [4.69, 9.17) is 0 Å². The van der Waals surface area contributed by atoms with Crippen molar-refractivity contribution < 1.29 is 9.59 Å². The summed E-state index contributed by atoms with van der Waals surface area (Å²) in [5.41, 5.74) is 2.75. The highest BCUT2D eigenvalue weighted by Crippen LogP contribution is 2.15. The number of nitrogens with one attached hydrogen (secondary N) is 2. The monoisotopic (exact) mass is 337 g/mol. The molecule has 0 saturated carbocycles. The zero-order valence-corrected chi connectivity index (χ0v) is 13.8. The number of hydrogen-bond donors (Lipinski definition) is 2. The van der Waals surface area contributed by atoms with Crippen LogP contribution in [-0.2, 0) is 0 Å². The van der Waals surface area contributed by atoms with Crippen LogP contribution in [0.4, 0.5) is 10.8 Å². The Morgan fingerprint density at radius 3 is 2.38 bits per heavy atom. The van der Waals surface area contributed by atoms with Gasteiger partial charge in [0, 0.05) is 28.4 Å². The Morgan fingerprint density at radius 1 is 0.958 bits per heavy atom. The maximum Gasteiger partial charge on any atom is 0.257 e. The first-order valence-corrected chi connectivity index (χ1v) is 8.19. The lowest BCUT2D eigenvalue weighted by atomic mass is 10.1. The fourth-order valence-electron chi connectivity index (χ4n) is 2.15. The van der Waals surface area contributed by atoms with Crippen LogP contribution in [0.3, 0.4) is 0 Å². The van der Waals surface area contributed by atoms with E-state index in [1.165, 1.54) is 11.3 Å². The first-order valence-electron chi connectivity index (χ1n) is 7.31. The number of rotatable bonds is 4. The normalized spacial score (nSPS) is 10.2. The summed E-state index contributed by atoms with van der Waals surface area (Å²) in [5.74, 6) is -0.416. The maximum atomic E-state index is 12.2. The molecule has 24 heavy (non-hydrogen) atoms. The van der Waals surface area contributed by atoms with Gasteiger partial charge in [0.2, 0.25) is 0 Å². The lowest BCUT2D eigenvalue weighted by Crippen LogP contribution is -2.13. The van der Waals surface area contributed by atoms with Gasteiger partial charge in [0.15, 0.2) is 5.13 Å². The number of aryl methyl sites for hydroxylation is 1. The van der Waals surface area contributed by atoms with Gasteiger partial charge in [-0.05, 0) is 43.3 Å². The molecular weight excluding hydrogens is 322 g/mol. The van der Waals surface area contributed by atoms with Gasteiger partial charge in [-0.25, -0.2) is 4.98 Å². The molecule has 120 valence electrons. The summed E-state index contributed by atoms with van der Waals surface area (Å²) in [6.07, 6.45) is 1.63. The minimum atomic E-state index is -0.235. The molecule has 2 amide bonds. The Kier molecular flexibility index (Phi) is 4.67. The van der Waals surface area contributed by atoms with Crippen LogP contribution < -0.4 is 10.6 Å². The van der Waals surface area contributed by atoms with Gasteiger partial charge in [0.1, 0.15) is 0 Å². The third-order valence-corrected chi connectivity index (χ3v) is 4.03. The van der Waals surface area contributed by atoms with E-state index in [9.17, 15) is 9.59 Å². The Balaban J connectivity index is 1.66. The molecule has 0 spiro atoms. The average molecular weight is 337 g/mol. The van der Waals surface area contributed by atoms with Crippen molar-refractivity contribution >= 4 is 34.0 Å². The minimum absolute atomic E-state index is 0.182. The second kappa shape index (κ2) is 7.06. The van der Waals surface area contributed by atoms with Gasteiger partial charge in [0.25, 0.3) is 11.8 Å². The summed E-state index contributed by atoms with van der Waals surface area (Å²) < 4.78 is 0. The van der Waals surface area contributed by atoms with E-state index in [0.29, 0.717) is 21.9 Å². The van der Waals surface area contributed by atoms with Crippen LogP contribution in [0.1, 0.15) is 26.3 Å². The van der Waals surface area contributed by atoms with Gasteiger partial charge in [-0.1, -0.05) is 17.7 Å². The van der Waals surface area contributed by atoms with Crippen LogP contribution in [0.2, 0.25) is 0 Å². The molecule has 3 aromatic rings. The first-order chi connectivity index (χ1) is 11.6. The van der Waals surface area contributed by atoms with Crippen molar-refractivity contribution in [3.05, 3.63) is 76.8 Å². The largest absolute Gasteiger partial charge is 0.322 e. The molecule has 0 saturated heterocycles. The number of hydrogen-bond acceptors (Lipinski definition) is 4. The zero-order valence-electron chi connectivity index (χ0n) is 12.9. The SMILES string of the molecule is Cc1cccc(C(=O)Nc2ccc(C(=O)Nc3nccs3)cc2)c1. The van der Waals surface area contributed by atoms with Crippen molar-refractivity contribution in [2.45, 2.75) is 6.92 Å². The van der Waals surface area contributed by atoms with Gasteiger partial charge in [-0.2, -0.15) is 0 Å². The molecule has 2 N–H and O–H groups in total. The Hall–Kier alpha value is -2.99. The van der Waals surface area contributed by atoms with Crippen LogP contribution in [0.25, 0.3) is 0 Å². The van der Waals surface area contributed by atoms with E-state index < -0.39 is 0 Å². The smallest absolute Gasteiger partial charge is 0.257 e. The molecule has 0 aliphatic rings. The van der Waals surface area contributed by atoms with Crippen molar-refractivity contribution in [1.29, 1.82) is 0 Å². The van der Waals surface area contributed by atoms with E-state index in [0.717, 1.165) is 5.56 Å². The van der Waals surface area contributed by atoms with Gasteiger partial charge < -0.3 is 5.32 Å². The molecule has 3 rings (SSSR count). The molecule has 0 fully saturated rings. The third kappa shape index (κ3) is 3.85. The summed E-state index contributed by atoms with van der Waals surface area (Å²) in [5, 5.41) is 7.87. The van der Waals surface area contributed by atoms with Crippen molar-refractivity contribution in [3.8, 4) is 0 Å². The van der Waals surface area contributed by atoms with Crippen LogP contribution in [0.5, 0.6) is 0 Å². The first kappa shape index (κ1) is 15.9. The van der Waals surface area contributed by atoms with Crippen LogP contribution >= 0.6 is 11.3 Å². The molecule has 6 heteroatoms. The Labute approximate surface area is 143 Å². The highest BCUT2D eigenvalue weighted by atomic mass is 32.1. The lowest BCUT2D eigenvalue weighted by molar-refractivity contribution is 0.102. The lowest BCUT2D eigenvalue weighted by Gasteiger charge is -2.07. The summed E-state index contributed by atoms with van der Waals surface area (Å²) in [6.45, 7) is 1.94. The number of benzene rings is 2. The summed E-state index contributed by atoms with van der Waals surface area (Å²) in [4.78, 5) is 28.3. The minimum Gasteiger partial charge on any atom is -0.322 e. The van der Waals surface area contributed by atoms with Crippen LogP contribution in [0, 0.1) is 6.92 Å². The quantitative estimate of drug-likeness (QED) is 0.757. The number of carbonyl (C=O) groups is 2. The number of aromatic nitrogens is 1. The van der Waals surface area contributed by atoms with E-state index in [-0.39, 0.29) is 11.8 Å². The summed E-state index contributed by atoms with van der Waals surface area (Å²) in [7, 11) is 0. The van der Waals surface area contributed by atoms with Gasteiger partial charge in [-0.3, -0.25) is 14.9 Å². The fraction of sp³-hybridized carbons (Fsp3) is 0.0556. The van der Waals surface area contributed by atoms with Crippen molar-refractivity contribution in [3.63, 3.8) is 0 Å². The molecule has 1 aromatic heterocycles. The van der Waals surface area contributed by atoms with E-state index in [1.807, 2.05) is 25.1 Å². The van der Waals surface area contributed by atoms with Gasteiger partial charge in [-0.15, -0.1) is 11.3 Å². The molecule has 0 atom stereocenters. The van der Waals surface area contributed by atoms with Crippen LogP contribution in [0.15, 0.2) is 60.1 Å². The van der Waals surface area contributed by atoms with E-state index in [2.05, 4.69) is 15.6 Å². The van der Waals surface area contributed by atoms with E-state index in [1.54, 1.807) is 41.9 Å². The third-order valence-electron chi connectivity index (χ3n) is 3.34. The molecule has 0 bridgehead atoms. The average Bonchev–Trinajstić information content (AvgIpc) is 3.08. The fourth-order valence-corrected chi connectivity index (χ4v) is 2.67. The van der Waals surface area contributed by atoms with Crippen LogP contribution in [-0.4, -0.2) is 16.8 Å². The number of amides is 2. The molecule has 0 unspecified atom stereocenters. The highest BCUT2D eigenvalue weighted by Gasteiger charge is 2.09. The molecule has 0 aliphatic heterocycles. The standard InChI is InChI=1S/C18H15N3O2S/c1-12-3-2-4-14(11-12)17(23)20-15-7-5-13(6-8-15)16(22)21-18-19-9-10-24-18/h2-11H,1H3,(H,20,23)(H,19,21,22). The second-order valence-corrected chi connectivity index (χ2v) is 6.09. The van der Waals surface area contributed by atoms with Crippen molar-refractivity contribution in [2.75, 3.05) is 10.6 Å². The van der Waals surface area contributed by atoms with Gasteiger partial charge in [0.05, 0.1) is 0 Å². The van der Waals surface area contributed by atoms with Crippen molar-refractivity contribution in [2.24, 2.45) is 0 Å². The number of nitrogens with zero attached hydrogens (tertiary/aromatic N) is 1. The van der Waals surface area contributed by atoms with Crippen molar-refractivity contribution in [1.82, 2.24) is 4.98 Å². The Bertz CT molecular complexity index is 858. The van der Waals surface area contributed by atoms with Gasteiger partial charge >= 0.3 is 0 Å². The number of carbonyl (C=O) groups excluding carboxylic acids is 2. The number of thiazole rings is 1. The molecule has 0 aliphatic carbocycles. The summed E-state index contributed by atoms with van der Waals surface area (Å²) in [6, 6.07) is 14.1. The zero-order chi connectivity index (χ0) is 16.9. The predicted molar refractivity (Wildman–Crippen MR) is 95.6 cm³/mol. The van der Waals surface area contributed by atoms with E-state index >= 15 is 0 Å². The second-order valence-electron chi connectivity index (χ2n) is 5.19. The Morgan fingerprint density at radius 2 is 1.71 bits per heavy atom.